The fourth-order valence-electron chi connectivity index (χ4n) is 2.68. The normalized spacial score (nSPS) is 10.9. The van der Waals surface area contributed by atoms with Gasteiger partial charge in [0.15, 0.2) is 0 Å². The van der Waals surface area contributed by atoms with Gasteiger partial charge in [0.25, 0.3) is 0 Å². The second kappa shape index (κ2) is 7.35. The maximum absolute atomic E-state index is 12.3. The molecule has 0 atom stereocenters. The number of Topliss-reactive ketones (excluding diaryl/α,β-unsaturated/α-hetero) is 1. The van der Waals surface area contributed by atoms with Gasteiger partial charge in [0.2, 0.25) is 0 Å². The van der Waals surface area contributed by atoms with Gasteiger partial charge in [0.05, 0.1) is 0 Å². The summed E-state index contributed by atoms with van der Waals surface area (Å²) in [4.78, 5) is 12.3. The lowest BCUT2D eigenvalue weighted by molar-refractivity contribution is -0.122. The number of ketones is 1. The lowest BCUT2D eigenvalue weighted by Gasteiger charge is -2.14. The largest absolute Gasteiger partial charge is 0.299 e. The van der Waals surface area contributed by atoms with Crippen molar-refractivity contribution in [1.82, 2.24) is 0 Å². The maximum Gasteiger partial charge on any atom is 0.140 e. The van der Waals surface area contributed by atoms with Crippen LogP contribution in [0, 0.1) is 19.8 Å². The molecular formula is C17H26O. The van der Waals surface area contributed by atoms with Crippen LogP contribution in [0.15, 0.2) is 18.2 Å². The first kappa shape index (κ1) is 14.9. The first-order chi connectivity index (χ1) is 8.56. The smallest absolute Gasteiger partial charge is 0.140 e. The third-order valence-electron chi connectivity index (χ3n) is 3.39. The molecule has 0 spiro atoms. The summed E-state index contributed by atoms with van der Waals surface area (Å²) < 4.78 is 0. The monoisotopic (exact) mass is 246 g/mol. The van der Waals surface area contributed by atoms with Crippen LogP contribution >= 0.6 is 0 Å². The Balaban J connectivity index is 2.72. The second-order valence-corrected chi connectivity index (χ2v) is 5.41. The van der Waals surface area contributed by atoms with Crippen LogP contribution in [0.4, 0.5) is 0 Å². The molecular weight excluding hydrogens is 220 g/mol. The molecule has 0 aliphatic rings. The summed E-state index contributed by atoms with van der Waals surface area (Å²) >= 11 is 0. The average molecular weight is 246 g/mol. The predicted molar refractivity (Wildman–Crippen MR) is 77.9 cm³/mol. The van der Waals surface area contributed by atoms with E-state index >= 15 is 0 Å². The minimum Gasteiger partial charge on any atom is -0.299 e. The van der Waals surface area contributed by atoms with Crippen LogP contribution in [0.5, 0.6) is 0 Å². The van der Waals surface area contributed by atoms with Crippen molar-refractivity contribution in [2.24, 2.45) is 5.92 Å². The zero-order chi connectivity index (χ0) is 13.5. The Bertz CT molecular complexity index is 366. The molecule has 0 aromatic heterocycles. The zero-order valence-corrected chi connectivity index (χ0v) is 12.3. The second-order valence-electron chi connectivity index (χ2n) is 5.41. The summed E-state index contributed by atoms with van der Waals surface area (Å²) in [6.45, 7) is 8.51. The van der Waals surface area contributed by atoms with E-state index in [1.807, 2.05) is 0 Å². The molecule has 0 radical (unpaired) electrons. The van der Waals surface area contributed by atoms with Gasteiger partial charge in [-0.3, -0.25) is 4.79 Å². The van der Waals surface area contributed by atoms with E-state index in [1.54, 1.807) is 0 Å². The first-order valence-electron chi connectivity index (χ1n) is 7.16. The van der Waals surface area contributed by atoms with Gasteiger partial charge in [0.1, 0.15) is 5.78 Å². The molecule has 0 aliphatic heterocycles. The number of rotatable bonds is 7. The lowest BCUT2D eigenvalue weighted by atomic mass is 9.89. The minimum absolute atomic E-state index is 0.265. The van der Waals surface area contributed by atoms with Gasteiger partial charge in [-0.2, -0.15) is 0 Å². The highest BCUT2D eigenvalue weighted by Crippen LogP contribution is 2.18. The summed E-state index contributed by atoms with van der Waals surface area (Å²) in [5, 5.41) is 0. The maximum atomic E-state index is 12.3. The van der Waals surface area contributed by atoms with Crippen LogP contribution < -0.4 is 0 Å². The Morgan fingerprint density at radius 2 is 1.50 bits per heavy atom. The number of carbonyl (C=O) groups excluding carboxylic acids is 1. The molecule has 1 rings (SSSR count). The summed E-state index contributed by atoms with van der Waals surface area (Å²) in [7, 11) is 0. The van der Waals surface area contributed by atoms with Crippen LogP contribution in [-0.2, 0) is 11.2 Å². The summed E-state index contributed by atoms with van der Waals surface area (Å²) in [5.74, 6) is 0.685. The van der Waals surface area contributed by atoms with Gasteiger partial charge in [0, 0.05) is 12.3 Å². The molecule has 0 N–H and O–H groups in total. The highest BCUT2D eigenvalue weighted by molar-refractivity contribution is 5.83. The van der Waals surface area contributed by atoms with E-state index in [0.29, 0.717) is 12.2 Å². The van der Waals surface area contributed by atoms with Gasteiger partial charge in [-0.15, -0.1) is 0 Å². The van der Waals surface area contributed by atoms with Crippen molar-refractivity contribution in [2.45, 2.75) is 59.8 Å². The standard InChI is InChI=1S/C17H26O/c1-5-7-16(8-6-2)17(18)12-15-10-13(3)9-14(4)11-15/h9-11,16H,5-8,12H2,1-4H3. The summed E-state index contributed by atoms with van der Waals surface area (Å²) in [6.07, 6.45) is 4.88. The van der Waals surface area contributed by atoms with Crippen LogP contribution in [0.2, 0.25) is 0 Å². The van der Waals surface area contributed by atoms with Crippen LogP contribution in [0.3, 0.4) is 0 Å². The van der Waals surface area contributed by atoms with Gasteiger partial charge in [-0.05, 0) is 32.3 Å². The Morgan fingerprint density at radius 1 is 1.00 bits per heavy atom. The van der Waals surface area contributed by atoms with Crippen LogP contribution in [0.1, 0.15) is 56.2 Å². The molecule has 0 amide bonds. The van der Waals surface area contributed by atoms with Crippen molar-refractivity contribution in [3.8, 4) is 0 Å². The fourth-order valence-corrected chi connectivity index (χ4v) is 2.68. The number of benzene rings is 1. The molecule has 0 saturated heterocycles. The summed E-state index contributed by atoms with van der Waals surface area (Å²) in [6, 6.07) is 6.43. The van der Waals surface area contributed by atoms with Crippen molar-refractivity contribution in [2.75, 3.05) is 0 Å². The third-order valence-corrected chi connectivity index (χ3v) is 3.39. The molecule has 0 aliphatic carbocycles. The molecule has 18 heavy (non-hydrogen) atoms. The van der Waals surface area contributed by atoms with Gasteiger partial charge < -0.3 is 0 Å². The Hall–Kier alpha value is -1.11. The lowest BCUT2D eigenvalue weighted by Crippen LogP contribution is -2.16. The van der Waals surface area contributed by atoms with E-state index in [4.69, 9.17) is 0 Å². The average Bonchev–Trinajstić information content (AvgIpc) is 2.27. The van der Waals surface area contributed by atoms with E-state index < -0.39 is 0 Å². The van der Waals surface area contributed by atoms with Crippen molar-refractivity contribution in [3.63, 3.8) is 0 Å². The molecule has 1 heteroatoms. The topological polar surface area (TPSA) is 17.1 Å². The predicted octanol–water partition coefficient (Wildman–Crippen LogP) is 4.63. The summed E-state index contributed by atoms with van der Waals surface area (Å²) in [5.41, 5.74) is 3.68. The van der Waals surface area contributed by atoms with E-state index in [0.717, 1.165) is 25.7 Å². The van der Waals surface area contributed by atoms with E-state index in [2.05, 4.69) is 45.9 Å². The van der Waals surface area contributed by atoms with Crippen LogP contribution in [0.25, 0.3) is 0 Å². The van der Waals surface area contributed by atoms with Crippen molar-refractivity contribution < 1.29 is 4.79 Å². The van der Waals surface area contributed by atoms with E-state index in [-0.39, 0.29) is 5.92 Å². The number of carbonyl (C=O) groups is 1. The SMILES string of the molecule is CCCC(CCC)C(=O)Cc1cc(C)cc(C)c1. The Morgan fingerprint density at radius 3 is 1.94 bits per heavy atom. The van der Waals surface area contributed by atoms with Crippen LogP contribution in [-0.4, -0.2) is 5.78 Å². The Labute approximate surface area is 112 Å². The molecule has 0 fully saturated rings. The number of aryl methyl sites for hydroxylation is 2. The van der Waals surface area contributed by atoms with Gasteiger partial charge >= 0.3 is 0 Å². The molecule has 0 unspecified atom stereocenters. The molecule has 0 bridgehead atoms. The number of hydrogen-bond acceptors (Lipinski definition) is 1. The number of hydrogen-bond donors (Lipinski definition) is 0. The van der Waals surface area contributed by atoms with E-state index in [9.17, 15) is 4.79 Å². The molecule has 1 aromatic rings. The molecule has 1 aromatic carbocycles. The van der Waals surface area contributed by atoms with Gasteiger partial charge in [-0.1, -0.05) is 56.0 Å². The van der Waals surface area contributed by atoms with Gasteiger partial charge in [-0.25, -0.2) is 0 Å². The zero-order valence-electron chi connectivity index (χ0n) is 12.3. The molecule has 100 valence electrons. The fraction of sp³-hybridized carbons (Fsp3) is 0.588. The van der Waals surface area contributed by atoms with Crippen molar-refractivity contribution >= 4 is 5.78 Å². The molecule has 0 heterocycles. The van der Waals surface area contributed by atoms with E-state index in [1.165, 1.54) is 16.7 Å². The minimum atomic E-state index is 0.265. The van der Waals surface area contributed by atoms with Crippen molar-refractivity contribution in [1.29, 1.82) is 0 Å². The molecule has 1 nitrogen and oxygen atoms in total. The van der Waals surface area contributed by atoms with Crippen molar-refractivity contribution in [3.05, 3.63) is 34.9 Å². The highest BCUT2D eigenvalue weighted by Gasteiger charge is 2.16. The third kappa shape index (κ3) is 4.64. The first-order valence-corrected chi connectivity index (χ1v) is 7.16. The Kier molecular flexibility index (Phi) is 6.11. The quantitative estimate of drug-likeness (QED) is 0.685. The highest BCUT2D eigenvalue weighted by atomic mass is 16.1. The molecule has 0 saturated carbocycles.